The fourth-order valence-electron chi connectivity index (χ4n) is 2.42. The van der Waals surface area contributed by atoms with Crippen LogP contribution in [-0.2, 0) is 19.4 Å². The maximum Gasteiger partial charge on any atom is 0.353 e. The molecular weight excluding hydrogens is 332 g/mol. The van der Waals surface area contributed by atoms with Gasteiger partial charge in [-0.15, -0.1) is 0 Å². The summed E-state index contributed by atoms with van der Waals surface area (Å²) in [6, 6.07) is 4.98. The summed E-state index contributed by atoms with van der Waals surface area (Å²) in [7, 11) is -3.79. The number of β-lactam (4-membered cyclic amide) rings is 1. The lowest BCUT2D eigenvalue weighted by Crippen LogP contribution is -2.61. The summed E-state index contributed by atoms with van der Waals surface area (Å²) in [6.07, 6.45) is 2.85. The molecular formula is C13H9ClN2O5S. The van der Waals surface area contributed by atoms with Crippen molar-refractivity contribution in [1.82, 2.24) is 9.88 Å². The van der Waals surface area contributed by atoms with E-state index in [0.717, 1.165) is 0 Å². The maximum atomic E-state index is 12.2. The Balaban J connectivity index is 2.10. The molecule has 0 saturated carbocycles. The molecule has 2 aliphatic heterocycles. The summed E-state index contributed by atoms with van der Waals surface area (Å²) >= 11 is 5.72. The molecule has 1 atom stereocenters. The van der Waals surface area contributed by atoms with Crippen LogP contribution in [0.2, 0.25) is 0 Å². The van der Waals surface area contributed by atoms with E-state index in [1.165, 1.54) is 12.3 Å². The van der Waals surface area contributed by atoms with Gasteiger partial charge in [0.15, 0.2) is 15.2 Å². The van der Waals surface area contributed by atoms with Crippen LogP contribution < -0.4 is 0 Å². The minimum Gasteiger partial charge on any atom is -0.477 e. The second-order valence-corrected chi connectivity index (χ2v) is 7.26. The van der Waals surface area contributed by atoms with Gasteiger partial charge in [-0.3, -0.25) is 14.7 Å². The van der Waals surface area contributed by atoms with Crippen molar-refractivity contribution in [2.45, 2.75) is 5.37 Å². The first-order valence-corrected chi connectivity index (χ1v) is 8.22. The monoisotopic (exact) mass is 340 g/mol. The number of rotatable bonds is 2. The molecule has 1 saturated heterocycles. The van der Waals surface area contributed by atoms with Crippen molar-refractivity contribution in [2.24, 2.45) is 0 Å². The van der Waals surface area contributed by atoms with Crippen molar-refractivity contribution in [1.29, 1.82) is 0 Å². The van der Waals surface area contributed by atoms with Gasteiger partial charge in [0.25, 0.3) is 5.91 Å². The molecule has 1 aromatic heterocycles. The van der Waals surface area contributed by atoms with Crippen LogP contribution in [0.5, 0.6) is 0 Å². The van der Waals surface area contributed by atoms with Crippen LogP contribution in [0.3, 0.4) is 0 Å². The Morgan fingerprint density at radius 3 is 2.77 bits per heavy atom. The molecule has 1 fully saturated rings. The summed E-state index contributed by atoms with van der Waals surface area (Å²) in [5, 5.41) is 7.44. The molecule has 9 heteroatoms. The number of carbonyl (C=O) groups is 2. The number of aromatic nitrogens is 1. The number of hydrogen-bond acceptors (Lipinski definition) is 5. The minimum atomic E-state index is -3.79. The Morgan fingerprint density at radius 1 is 1.45 bits per heavy atom. The molecule has 7 nitrogen and oxygen atoms in total. The summed E-state index contributed by atoms with van der Waals surface area (Å²) in [4.78, 5) is 28.1. The summed E-state index contributed by atoms with van der Waals surface area (Å²) in [5.74, 6) is -2.74. The van der Waals surface area contributed by atoms with Crippen molar-refractivity contribution >= 4 is 39.4 Å². The van der Waals surface area contributed by atoms with Gasteiger partial charge in [0.05, 0.1) is 22.1 Å². The van der Waals surface area contributed by atoms with E-state index in [1.807, 2.05) is 0 Å². The third-order valence-corrected chi connectivity index (χ3v) is 5.63. The largest absolute Gasteiger partial charge is 0.477 e. The van der Waals surface area contributed by atoms with Gasteiger partial charge in [0.2, 0.25) is 0 Å². The van der Waals surface area contributed by atoms with Crippen LogP contribution in [0.25, 0.3) is 6.08 Å². The SMILES string of the molecule is O=C(O)C1=C(Cl)CS(=O)(=O)[C@@H]2/C(=C/c3ccccn3)C(=O)N12. The minimum absolute atomic E-state index is 0.0124. The predicted octanol–water partition coefficient (Wildman–Crippen LogP) is 0.597. The number of carboxylic acids is 1. The van der Waals surface area contributed by atoms with Crippen LogP contribution in [0, 0.1) is 0 Å². The van der Waals surface area contributed by atoms with E-state index < -0.39 is 38.5 Å². The normalized spacial score (nSPS) is 25.0. The molecule has 3 heterocycles. The zero-order valence-corrected chi connectivity index (χ0v) is 12.5. The van der Waals surface area contributed by atoms with Gasteiger partial charge in [-0.1, -0.05) is 17.7 Å². The quantitative estimate of drug-likeness (QED) is 0.624. The first-order valence-electron chi connectivity index (χ1n) is 6.12. The molecule has 0 radical (unpaired) electrons. The molecule has 2 aliphatic rings. The fraction of sp³-hybridized carbons (Fsp3) is 0.154. The van der Waals surface area contributed by atoms with E-state index in [9.17, 15) is 18.0 Å². The third-order valence-electron chi connectivity index (χ3n) is 3.33. The van der Waals surface area contributed by atoms with E-state index in [1.54, 1.807) is 18.2 Å². The van der Waals surface area contributed by atoms with Crippen molar-refractivity contribution in [3.05, 3.63) is 46.4 Å². The standard InChI is InChI=1S/C13H9ClN2O5S/c14-9-6-22(20,21)12-8(5-7-3-1-2-4-15-7)11(17)16(12)10(9)13(18)19/h1-5,12H,6H2,(H,18,19)/b8-5+/t12-/m1/s1. The Hall–Kier alpha value is -2.19. The molecule has 0 bridgehead atoms. The second-order valence-electron chi connectivity index (χ2n) is 4.75. The summed E-state index contributed by atoms with van der Waals surface area (Å²) in [6.45, 7) is 0. The van der Waals surface area contributed by atoms with Crippen LogP contribution in [0.1, 0.15) is 5.69 Å². The van der Waals surface area contributed by atoms with Gasteiger partial charge >= 0.3 is 5.97 Å². The van der Waals surface area contributed by atoms with E-state index in [0.29, 0.717) is 10.6 Å². The van der Waals surface area contributed by atoms with Gasteiger partial charge in [-0.2, -0.15) is 0 Å². The molecule has 1 N–H and O–H groups in total. The average Bonchev–Trinajstić information content (AvgIpc) is 2.44. The third kappa shape index (κ3) is 2.11. The molecule has 22 heavy (non-hydrogen) atoms. The fourth-order valence-corrected chi connectivity index (χ4v) is 4.78. The number of halogens is 1. The number of amides is 1. The second kappa shape index (κ2) is 4.92. The lowest BCUT2D eigenvalue weighted by atomic mass is 10.0. The molecule has 0 unspecified atom stereocenters. The highest BCUT2D eigenvalue weighted by molar-refractivity contribution is 7.92. The Kier molecular flexibility index (Phi) is 3.30. The van der Waals surface area contributed by atoms with Gasteiger partial charge in [0, 0.05) is 6.20 Å². The molecule has 1 aromatic rings. The molecule has 1 amide bonds. The van der Waals surface area contributed by atoms with E-state index in [4.69, 9.17) is 16.7 Å². The van der Waals surface area contributed by atoms with Crippen LogP contribution >= 0.6 is 11.6 Å². The maximum absolute atomic E-state index is 12.2. The van der Waals surface area contributed by atoms with Gasteiger partial charge in [-0.25, -0.2) is 13.2 Å². The smallest absolute Gasteiger partial charge is 0.353 e. The Morgan fingerprint density at radius 2 is 2.18 bits per heavy atom. The number of nitrogens with zero attached hydrogens (tertiary/aromatic N) is 2. The van der Waals surface area contributed by atoms with Gasteiger partial charge in [-0.05, 0) is 18.2 Å². The Labute approximate surface area is 130 Å². The number of pyridine rings is 1. The first kappa shape index (κ1) is 14.7. The first-order chi connectivity index (χ1) is 10.3. The zero-order valence-electron chi connectivity index (χ0n) is 10.9. The number of carbonyl (C=O) groups excluding carboxylic acids is 1. The number of fused-ring (bicyclic) bond motifs is 1. The topological polar surface area (TPSA) is 105 Å². The molecule has 0 aliphatic carbocycles. The van der Waals surface area contributed by atoms with Gasteiger partial charge in [0.1, 0.15) is 5.70 Å². The number of aliphatic carboxylic acids is 1. The van der Waals surface area contributed by atoms with Crippen molar-refractivity contribution < 1.29 is 23.1 Å². The van der Waals surface area contributed by atoms with Crippen LogP contribution in [0.4, 0.5) is 0 Å². The Bertz CT molecular complexity index is 844. The lowest BCUT2D eigenvalue weighted by Gasteiger charge is -2.44. The highest BCUT2D eigenvalue weighted by Gasteiger charge is 2.56. The number of sulfone groups is 1. The summed E-state index contributed by atoms with van der Waals surface area (Å²) in [5.41, 5.74) is -0.0792. The van der Waals surface area contributed by atoms with E-state index in [-0.39, 0.29) is 10.6 Å². The molecule has 0 aromatic carbocycles. The van der Waals surface area contributed by atoms with E-state index in [2.05, 4.69) is 4.98 Å². The van der Waals surface area contributed by atoms with E-state index >= 15 is 0 Å². The number of carboxylic acid groups (broad SMARTS) is 1. The van der Waals surface area contributed by atoms with Crippen LogP contribution in [0.15, 0.2) is 40.7 Å². The van der Waals surface area contributed by atoms with Crippen LogP contribution in [-0.4, -0.2) is 46.4 Å². The highest BCUT2D eigenvalue weighted by atomic mass is 35.5. The molecule has 0 spiro atoms. The number of hydrogen-bond donors (Lipinski definition) is 1. The molecule has 114 valence electrons. The van der Waals surface area contributed by atoms with Crippen molar-refractivity contribution in [3.63, 3.8) is 0 Å². The molecule has 3 rings (SSSR count). The highest BCUT2D eigenvalue weighted by Crippen LogP contribution is 2.41. The van der Waals surface area contributed by atoms with Crippen molar-refractivity contribution in [2.75, 3.05) is 5.75 Å². The average molecular weight is 341 g/mol. The van der Waals surface area contributed by atoms with Crippen molar-refractivity contribution in [3.8, 4) is 0 Å². The zero-order chi connectivity index (χ0) is 16.1. The van der Waals surface area contributed by atoms with Gasteiger partial charge < -0.3 is 5.11 Å². The summed E-state index contributed by atoms with van der Waals surface area (Å²) < 4.78 is 24.4. The lowest BCUT2D eigenvalue weighted by molar-refractivity contribution is -0.141. The predicted molar refractivity (Wildman–Crippen MR) is 77.1 cm³/mol.